The lowest BCUT2D eigenvalue weighted by Crippen LogP contribution is -2.39. The van der Waals surface area contributed by atoms with Gasteiger partial charge in [0.15, 0.2) is 0 Å². The highest BCUT2D eigenvalue weighted by atomic mass is 16.5. The minimum atomic E-state index is 0.0437. The molecule has 1 heterocycles. The number of hydrogen-bond acceptors (Lipinski definition) is 3. The van der Waals surface area contributed by atoms with E-state index in [0.29, 0.717) is 37.7 Å². The van der Waals surface area contributed by atoms with E-state index in [2.05, 4.69) is 6.92 Å². The lowest BCUT2D eigenvalue weighted by Gasteiger charge is -2.24. The van der Waals surface area contributed by atoms with Gasteiger partial charge in [0.25, 0.3) is 5.91 Å². The molecule has 2 aliphatic rings. The molecule has 0 radical (unpaired) electrons. The Balaban J connectivity index is 1.56. The molecule has 0 aromatic heterocycles. The van der Waals surface area contributed by atoms with Crippen molar-refractivity contribution >= 4 is 11.8 Å². The predicted molar refractivity (Wildman–Crippen MR) is 101 cm³/mol. The molecule has 5 heteroatoms. The first-order valence-corrected chi connectivity index (χ1v) is 10.00. The van der Waals surface area contributed by atoms with Gasteiger partial charge in [-0.3, -0.25) is 9.59 Å². The molecule has 1 aliphatic carbocycles. The van der Waals surface area contributed by atoms with Gasteiger partial charge in [0.2, 0.25) is 5.91 Å². The van der Waals surface area contributed by atoms with Crippen molar-refractivity contribution in [2.45, 2.75) is 45.4 Å². The summed E-state index contributed by atoms with van der Waals surface area (Å²) in [7, 11) is 0. The molecule has 0 unspecified atom stereocenters. The highest BCUT2D eigenvalue weighted by Gasteiger charge is 2.29. The standard InChI is InChI=1S/C21H30N2O3/c1-2-16-26-19-10-8-18(9-11-19)21(25)23-13-5-12-22(14-15-23)20(24)17-6-3-4-7-17/h8-11,17H,2-7,12-16H2,1H3. The minimum Gasteiger partial charge on any atom is -0.494 e. The van der Waals surface area contributed by atoms with Gasteiger partial charge < -0.3 is 14.5 Å². The number of nitrogens with zero attached hydrogens (tertiary/aromatic N) is 2. The summed E-state index contributed by atoms with van der Waals surface area (Å²) in [5.41, 5.74) is 0.685. The molecule has 5 nitrogen and oxygen atoms in total. The van der Waals surface area contributed by atoms with Crippen LogP contribution in [0.25, 0.3) is 0 Å². The Bertz CT molecular complexity index is 608. The third-order valence-corrected chi connectivity index (χ3v) is 5.37. The predicted octanol–water partition coefficient (Wildman–Crippen LogP) is 3.34. The topological polar surface area (TPSA) is 49.9 Å². The Hall–Kier alpha value is -2.04. The van der Waals surface area contributed by atoms with E-state index >= 15 is 0 Å². The Morgan fingerprint density at radius 3 is 2.31 bits per heavy atom. The van der Waals surface area contributed by atoms with E-state index in [1.54, 1.807) is 0 Å². The van der Waals surface area contributed by atoms with Crippen LogP contribution < -0.4 is 4.74 Å². The van der Waals surface area contributed by atoms with E-state index in [0.717, 1.165) is 38.0 Å². The Labute approximate surface area is 156 Å². The molecule has 3 rings (SSSR count). The van der Waals surface area contributed by atoms with Crippen LogP contribution in [0.15, 0.2) is 24.3 Å². The van der Waals surface area contributed by atoms with Gasteiger partial charge in [-0.15, -0.1) is 0 Å². The second kappa shape index (κ2) is 9.06. The number of ether oxygens (including phenoxy) is 1. The molecule has 1 aromatic carbocycles. The van der Waals surface area contributed by atoms with Gasteiger partial charge in [-0.1, -0.05) is 19.8 Å². The summed E-state index contributed by atoms with van der Waals surface area (Å²) in [6.45, 7) is 5.50. The Morgan fingerprint density at radius 1 is 0.962 bits per heavy atom. The van der Waals surface area contributed by atoms with Gasteiger partial charge in [-0.05, 0) is 49.9 Å². The molecule has 0 bridgehead atoms. The second-order valence-corrected chi connectivity index (χ2v) is 7.33. The molecule has 142 valence electrons. The highest BCUT2D eigenvalue weighted by Crippen LogP contribution is 2.27. The summed E-state index contributed by atoms with van der Waals surface area (Å²) in [6.07, 6.45) is 6.22. The molecule has 2 fully saturated rings. The van der Waals surface area contributed by atoms with E-state index < -0.39 is 0 Å². The molecule has 1 saturated heterocycles. The van der Waals surface area contributed by atoms with Crippen LogP contribution in [-0.2, 0) is 4.79 Å². The lowest BCUT2D eigenvalue weighted by atomic mass is 10.1. The Morgan fingerprint density at radius 2 is 1.62 bits per heavy atom. The van der Waals surface area contributed by atoms with Crippen molar-refractivity contribution in [3.63, 3.8) is 0 Å². The quantitative estimate of drug-likeness (QED) is 0.811. The van der Waals surface area contributed by atoms with Gasteiger partial charge >= 0.3 is 0 Å². The highest BCUT2D eigenvalue weighted by molar-refractivity contribution is 5.94. The van der Waals surface area contributed by atoms with Crippen molar-refractivity contribution < 1.29 is 14.3 Å². The van der Waals surface area contributed by atoms with Gasteiger partial charge in [0, 0.05) is 37.7 Å². The largest absolute Gasteiger partial charge is 0.494 e. The fourth-order valence-corrected chi connectivity index (χ4v) is 3.87. The van der Waals surface area contributed by atoms with Crippen molar-refractivity contribution in [2.24, 2.45) is 5.92 Å². The first-order valence-electron chi connectivity index (χ1n) is 10.00. The summed E-state index contributed by atoms with van der Waals surface area (Å²) >= 11 is 0. The number of rotatable bonds is 5. The molecule has 0 spiro atoms. The smallest absolute Gasteiger partial charge is 0.253 e. The zero-order valence-electron chi connectivity index (χ0n) is 15.8. The molecule has 26 heavy (non-hydrogen) atoms. The van der Waals surface area contributed by atoms with Crippen molar-refractivity contribution in [2.75, 3.05) is 32.8 Å². The number of benzene rings is 1. The fraction of sp³-hybridized carbons (Fsp3) is 0.619. The SMILES string of the molecule is CCCOc1ccc(C(=O)N2CCCN(C(=O)C3CCCC3)CC2)cc1. The van der Waals surface area contributed by atoms with E-state index in [9.17, 15) is 9.59 Å². The van der Waals surface area contributed by atoms with Crippen molar-refractivity contribution in [3.8, 4) is 5.75 Å². The summed E-state index contributed by atoms with van der Waals surface area (Å²) < 4.78 is 5.58. The van der Waals surface area contributed by atoms with Crippen LogP contribution in [0.3, 0.4) is 0 Å². The summed E-state index contributed by atoms with van der Waals surface area (Å²) in [5, 5.41) is 0. The molecule has 1 aliphatic heterocycles. The molecular formula is C21H30N2O3. The number of carbonyl (C=O) groups is 2. The van der Waals surface area contributed by atoms with Crippen molar-refractivity contribution in [3.05, 3.63) is 29.8 Å². The zero-order chi connectivity index (χ0) is 18.4. The summed E-state index contributed by atoms with van der Waals surface area (Å²) in [5.74, 6) is 1.36. The van der Waals surface area contributed by atoms with E-state index in [-0.39, 0.29) is 11.8 Å². The molecule has 0 N–H and O–H groups in total. The molecular weight excluding hydrogens is 328 g/mol. The average Bonchev–Trinajstić information content (AvgIpc) is 3.10. The third-order valence-electron chi connectivity index (χ3n) is 5.37. The van der Waals surface area contributed by atoms with Crippen LogP contribution in [0, 0.1) is 5.92 Å². The first-order chi connectivity index (χ1) is 12.7. The summed E-state index contributed by atoms with van der Waals surface area (Å²) in [4.78, 5) is 29.3. The van der Waals surface area contributed by atoms with E-state index in [1.807, 2.05) is 34.1 Å². The normalized spacial score (nSPS) is 18.7. The number of amides is 2. The molecule has 1 aromatic rings. The molecule has 2 amide bonds. The van der Waals surface area contributed by atoms with Crippen molar-refractivity contribution in [1.82, 2.24) is 9.80 Å². The maximum absolute atomic E-state index is 12.8. The maximum Gasteiger partial charge on any atom is 0.253 e. The first kappa shape index (κ1) is 18.7. The average molecular weight is 358 g/mol. The number of hydrogen-bond donors (Lipinski definition) is 0. The zero-order valence-corrected chi connectivity index (χ0v) is 15.8. The monoisotopic (exact) mass is 358 g/mol. The van der Waals surface area contributed by atoms with Crippen LogP contribution in [-0.4, -0.2) is 54.4 Å². The lowest BCUT2D eigenvalue weighted by molar-refractivity contribution is -0.135. The van der Waals surface area contributed by atoms with Gasteiger partial charge in [0.05, 0.1) is 6.61 Å². The van der Waals surface area contributed by atoms with E-state index in [1.165, 1.54) is 12.8 Å². The number of carbonyl (C=O) groups excluding carboxylic acids is 2. The maximum atomic E-state index is 12.8. The minimum absolute atomic E-state index is 0.0437. The second-order valence-electron chi connectivity index (χ2n) is 7.33. The molecule has 0 atom stereocenters. The van der Waals surface area contributed by atoms with Gasteiger partial charge in [-0.2, -0.15) is 0 Å². The summed E-state index contributed by atoms with van der Waals surface area (Å²) in [6, 6.07) is 7.38. The van der Waals surface area contributed by atoms with Crippen LogP contribution >= 0.6 is 0 Å². The van der Waals surface area contributed by atoms with Crippen LogP contribution in [0.1, 0.15) is 55.8 Å². The van der Waals surface area contributed by atoms with Gasteiger partial charge in [-0.25, -0.2) is 0 Å². The van der Waals surface area contributed by atoms with Gasteiger partial charge in [0.1, 0.15) is 5.75 Å². The Kier molecular flexibility index (Phi) is 6.53. The van der Waals surface area contributed by atoms with Crippen molar-refractivity contribution in [1.29, 1.82) is 0 Å². The van der Waals surface area contributed by atoms with Crippen LogP contribution in [0.4, 0.5) is 0 Å². The molecule has 1 saturated carbocycles. The van der Waals surface area contributed by atoms with Crippen LogP contribution in [0.5, 0.6) is 5.75 Å². The van der Waals surface area contributed by atoms with E-state index in [4.69, 9.17) is 4.74 Å². The third kappa shape index (κ3) is 4.57. The fourth-order valence-electron chi connectivity index (χ4n) is 3.87. The van der Waals surface area contributed by atoms with Crippen LogP contribution in [0.2, 0.25) is 0 Å².